The van der Waals surface area contributed by atoms with Gasteiger partial charge in [0.2, 0.25) is 5.91 Å². The summed E-state index contributed by atoms with van der Waals surface area (Å²) in [5.74, 6) is 0.0662. The molecule has 40 heavy (non-hydrogen) atoms. The Morgan fingerprint density at radius 2 is 1.75 bits per heavy atom. The number of hydrogen-bond acceptors (Lipinski definition) is 6. The Morgan fingerprint density at radius 3 is 2.58 bits per heavy atom. The summed E-state index contributed by atoms with van der Waals surface area (Å²) >= 11 is 0. The van der Waals surface area contributed by atoms with Crippen LogP contribution in [0.15, 0.2) is 78.9 Å². The van der Waals surface area contributed by atoms with Crippen molar-refractivity contribution in [2.24, 2.45) is 0 Å². The second-order valence-electron chi connectivity index (χ2n) is 9.33. The molecule has 0 unspecified atom stereocenters. The van der Waals surface area contributed by atoms with Crippen LogP contribution in [0, 0.1) is 0 Å². The van der Waals surface area contributed by atoms with Crippen molar-refractivity contribution in [2.75, 3.05) is 39.9 Å². The molecule has 204 valence electrons. The van der Waals surface area contributed by atoms with E-state index in [0.29, 0.717) is 52.2 Å². The third kappa shape index (κ3) is 6.04. The number of rotatable bonds is 3. The summed E-state index contributed by atoms with van der Waals surface area (Å²) in [5.41, 5.74) is 3.09. The highest BCUT2D eigenvalue weighted by Gasteiger charge is 2.23. The molecule has 9 heteroatoms. The Morgan fingerprint density at radius 1 is 0.950 bits per heavy atom. The van der Waals surface area contributed by atoms with E-state index in [-0.39, 0.29) is 44.0 Å². The van der Waals surface area contributed by atoms with Crippen LogP contribution in [0.3, 0.4) is 0 Å². The minimum Gasteiger partial charge on any atom is -0.497 e. The van der Waals surface area contributed by atoms with Gasteiger partial charge in [-0.05, 0) is 30.7 Å². The fourth-order valence-corrected chi connectivity index (χ4v) is 4.62. The van der Waals surface area contributed by atoms with Crippen LogP contribution in [0.5, 0.6) is 11.5 Å². The molecule has 0 radical (unpaired) electrons. The molecule has 0 bridgehead atoms. The maximum atomic E-state index is 14.0. The number of aromatic nitrogens is 1. The van der Waals surface area contributed by atoms with E-state index in [4.69, 9.17) is 14.5 Å². The number of benzene rings is 3. The third-order valence-electron chi connectivity index (χ3n) is 6.64. The van der Waals surface area contributed by atoms with Crippen LogP contribution in [-0.2, 0) is 4.79 Å². The zero-order chi connectivity index (χ0) is 27.9. The summed E-state index contributed by atoms with van der Waals surface area (Å²) in [7, 11) is 1.54. The Kier molecular flexibility index (Phi) is 8.20. The highest BCUT2D eigenvalue weighted by atomic mass is 16.5. The van der Waals surface area contributed by atoms with Crippen LogP contribution < -0.4 is 20.1 Å². The number of para-hydroxylation sites is 1. The molecule has 0 fully saturated rings. The standard InChI is InChI=1S/C31H30N4O5/c1-39-22-12-13-24-28(18-22)40-17-15-32-29(36)20-35(16-7-14-33-30(24)37)31(38)25-19-27(21-8-3-2-4-9-21)34-26-11-6-5-10-23(25)26/h2-6,8-13,18-19H,7,14-17,20H2,1H3,(H,32,36)(H,33,37). The first-order chi connectivity index (χ1) is 19.5. The molecule has 2 N–H and O–H groups in total. The molecular weight excluding hydrogens is 508 g/mol. The Bertz CT molecular complexity index is 1540. The van der Waals surface area contributed by atoms with Gasteiger partial charge in [-0.15, -0.1) is 0 Å². The lowest BCUT2D eigenvalue weighted by atomic mass is 10.0. The van der Waals surface area contributed by atoms with Crippen LogP contribution in [0.2, 0.25) is 0 Å². The molecule has 3 amide bonds. The highest BCUT2D eigenvalue weighted by Crippen LogP contribution is 2.27. The average Bonchev–Trinajstić information content (AvgIpc) is 2.99. The number of hydrogen-bond donors (Lipinski definition) is 2. The largest absolute Gasteiger partial charge is 0.497 e. The Balaban J connectivity index is 1.41. The average molecular weight is 539 g/mol. The second-order valence-corrected chi connectivity index (χ2v) is 9.33. The van der Waals surface area contributed by atoms with Gasteiger partial charge in [-0.3, -0.25) is 14.4 Å². The van der Waals surface area contributed by atoms with Crippen molar-refractivity contribution in [2.45, 2.75) is 6.42 Å². The molecule has 0 aliphatic carbocycles. The van der Waals surface area contributed by atoms with Crippen molar-refractivity contribution in [1.29, 1.82) is 0 Å². The summed E-state index contributed by atoms with van der Waals surface area (Å²) in [4.78, 5) is 46.0. The van der Waals surface area contributed by atoms with E-state index >= 15 is 0 Å². The van der Waals surface area contributed by atoms with Gasteiger partial charge in [0.15, 0.2) is 0 Å². The zero-order valence-corrected chi connectivity index (χ0v) is 22.2. The molecule has 3 aromatic carbocycles. The molecule has 9 nitrogen and oxygen atoms in total. The number of carbonyl (C=O) groups excluding carboxylic acids is 3. The van der Waals surface area contributed by atoms with Gasteiger partial charge in [0.05, 0.1) is 42.5 Å². The molecule has 5 rings (SSSR count). The number of nitrogens with one attached hydrogen (secondary N) is 2. The first-order valence-electron chi connectivity index (χ1n) is 13.1. The predicted molar refractivity (Wildman–Crippen MR) is 152 cm³/mol. The summed E-state index contributed by atoms with van der Waals surface area (Å²) in [5, 5.41) is 6.42. The normalized spacial score (nSPS) is 14.8. The topological polar surface area (TPSA) is 110 Å². The monoisotopic (exact) mass is 538 g/mol. The summed E-state index contributed by atoms with van der Waals surface area (Å²) in [6, 6.07) is 23.9. The molecule has 0 saturated carbocycles. The first kappa shape index (κ1) is 26.7. The predicted octanol–water partition coefficient (Wildman–Crippen LogP) is 3.68. The van der Waals surface area contributed by atoms with Crippen LogP contribution >= 0.6 is 0 Å². The maximum Gasteiger partial charge on any atom is 0.255 e. The van der Waals surface area contributed by atoms with E-state index in [2.05, 4.69) is 10.6 Å². The quantitative estimate of drug-likeness (QED) is 0.412. The minimum atomic E-state index is -0.300. The van der Waals surface area contributed by atoms with Crippen molar-refractivity contribution in [3.05, 3.63) is 90.0 Å². The van der Waals surface area contributed by atoms with E-state index < -0.39 is 0 Å². The molecular formula is C31H30N4O5. The molecule has 2 heterocycles. The first-order valence-corrected chi connectivity index (χ1v) is 13.1. The van der Waals surface area contributed by atoms with Gasteiger partial charge >= 0.3 is 0 Å². The van der Waals surface area contributed by atoms with Crippen molar-refractivity contribution < 1.29 is 23.9 Å². The van der Waals surface area contributed by atoms with Gasteiger partial charge in [-0.2, -0.15) is 0 Å². The summed E-state index contributed by atoms with van der Waals surface area (Å²) in [6.45, 7) is 0.796. The fraction of sp³-hybridized carbons (Fsp3) is 0.226. The Hall–Kier alpha value is -4.92. The molecule has 0 saturated heterocycles. The molecule has 1 aromatic heterocycles. The molecule has 1 aliphatic heterocycles. The number of ether oxygens (including phenoxy) is 2. The van der Waals surface area contributed by atoms with Crippen molar-refractivity contribution in [1.82, 2.24) is 20.5 Å². The fourth-order valence-electron chi connectivity index (χ4n) is 4.62. The van der Waals surface area contributed by atoms with E-state index in [9.17, 15) is 14.4 Å². The van der Waals surface area contributed by atoms with Gasteiger partial charge in [0.25, 0.3) is 11.8 Å². The number of nitrogens with zero attached hydrogens (tertiary/aromatic N) is 2. The van der Waals surface area contributed by atoms with Gasteiger partial charge in [0.1, 0.15) is 18.1 Å². The zero-order valence-electron chi connectivity index (χ0n) is 22.2. The van der Waals surface area contributed by atoms with Crippen molar-refractivity contribution in [3.63, 3.8) is 0 Å². The van der Waals surface area contributed by atoms with E-state index in [1.165, 1.54) is 12.0 Å². The SMILES string of the molecule is COc1ccc2c(c1)OCCNC(=O)CN(C(=O)c1cc(-c3ccccc3)nc3ccccc13)CCCNC2=O. The van der Waals surface area contributed by atoms with E-state index in [1.54, 1.807) is 24.3 Å². The van der Waals surface area contributed by atoms with Crippen LogP contribution in [-0.4, -0.2) is 67.5 Å². The van der Waals surface area contributed by atoms with Gasteiger partial charge < -0.3 is 25.0 Å². The smallest absolute Gasteiger partial charge is 0.255 e. The van der Waals surface area contributed by atoms with Gasteiger partial charge in [-0.1, -0.05) is 48.5 Å². The number of fused-ring (bicyclic) bond motifs is 2. The molecule has 4 aromatic rings. The number of carbonyl (C=O) groups is 3. The third-order valence-corrected chi connectivity index (χ3v) is 6.64. The lowest BCUT2D eigenvalue weighted by Gasteiger charge is -2.24. The molecule has 1 aliphatic rings. The van der Waals surface area contributed by atoms with E-state index in [0.717, 1.165) is 5.56 Å². The summed E-state index contributed by atoms with van der Waals surface area (Å²) < 4.78 is 11.0. The maximum absolute atomic E-state index is 14.0. The lowest BCUT2D eigenvalue weighted by Crippen LogP contribution is -2.43. The van der Waals surface area contributed by atoms with Gasteiger partial charge in [-0.25, -0.2) is 4.98 Å². The second kappa shape index (κ2) is 12.3. The van der Waals surface area contributed by atoms with Crippen LogP contribution in [0.1, 0.15) is 27.1 Å². The number of pyridine rings is 1. The lowest BCUT2D eigenvalue weighted by molar-refractivity contribution is -0.121. The minimum absolute atomic E-state index is 0.130. The van der Waals surface area contributed by atoms with E-state index in [1.807, 2.05) is 54.6 Å². The number of methoxy groups -OCH3 is 1. The van der Waals surface area contributed by atoms with Crippen LogP contribution in [0.25, 0.3) is 22.2 Å². The molecule has 0 atom stereocenters. The van der Waals surface area contributed by atoms with Crippen molar-refractivity contribution >= 4 is 28.6 Å². The Labute approximate surface area is 232 Å². The molecule has 0 spiro atoms. The van der Waals surface area contributed by atoms with Crippen molar-refractivity contribution in [3.8, 4) is 22.8 Å². The van der Waals surface area contributed by atoms with Gasteiger partial charge in [0, 0.05) is 30.1 Å². The highest BCUT2D eigenvalue weighted by molar-refractivity contribution is 6.08. The number of amides is 3. The summed E-state index contributed by atoms with van der Waals surface area (Å²) in [6.07, 6.45) is 0.450. The van der Waals surface area contributed by atoms with Crippen LogP contribution in [0.4, 0.5) is 0 Å².